The molecule has 0 fully saturated rings. The van der Waals surface area contributed by atoms with Crippen LogP contribution in [-0.2, 0) is 25.6 Å². The van der Waals surface area contributed by atoms with E-state index in [4.69, 9.17) is 25.8 Å². The fourth-order valence-electron chi connectivity index (χ4n) is 1.80. The maximum Gasteiger partial charge on any atom is 0.409 e. The van der Waals surface area contributed by atoms with E-state index in [1.165, 1.54) is 0 Å². The molecule has 1 aromatic rings. The first-order valence-corrected chi connectivity index (χ1v) is 8.00. The van der Waals surface area contributed by atoms with Crippen molar-refractivity contribution in [1.82, 2.24) is 5.32 Å². The Bertz CT molecular complexity index is 513. The number of alkyl halides is 1. The number of rotatable bonds is 9. The lowest BCUT2D eigenvalue weighted by molar-refractivity contribution is -0.155. The van der Waals surface area contributed by atoms with Crippen LogP contribution in [0, 0.1) is 0 Å². The van der Waals surface area contributed by atoms with Gasteiger partial charge in [0.05, 0.1) is 6.61 Å². The number of hydrogen-bond donors (Lipinski definition) is 2. The minimum atomic E-state index is -1.64. The van der Waals surface area contributed by atoms with Crippen molar-refractivity contribution in [2.24, 2.45) is 0 Å². The number of carbonyl (C=O) groups is 2. The second kappa shape index (κ2) is 10.9. The molecule has 1 amide bonds. The van der Waals surface area contributed by atoms with Crippen LogP contribution < -0.4 is 5.32 Å². The highest BCUT2D eigenvalue weighted by Gasteiger charge is 2.34. The summed E-state index contributed by atoms with van der Waals surface area (Å²) in [5.74, 6) is -0.887. The Labute approximate surface area is 145 Å². The third kappa shape index (κ3) is 6.74. The van der Waals surface area contributed by atoms with Gasteiger partial charge >= 0.3 is 12.1 Å². The Morgan fingerprint density at radius 2 is 1.83 bits per heavy atom. The number of hydrogen-bond acceptors (Lipinski definition) is 6. The van der Waals surface area contributed by atoms with Crippen molar-refractivity contribution in [2.45, 2.75) is 38.2 Å². The van der Waals surface area contributed by atoms with Gasteiger partial charge in [-0.1, -0.05) is 30.3 Å². The highest BCUT2D eigenvalue weighted by atomic mass is 35.5. The molecule has 0 radical (unpaired) electrons. The summed E-state index contributed by atoms with van der Waals surface area (Å²) in [4.78, 5) is 23.4. The molecule has 8 heteroatoms. The Morgan fingerprint density at radius 1 is 1.17 bits per heavy atom. The van der Waals surface area contributed by atoms with Gasteiger partial charge in [-0.05, 0) is 19.4 Å². The van der Waals surface area contributed by atoms with E-state index >= 15 is 0 Å². The molecule has 3 atom stereocenters. The molecule has 0 aliphatic rings. The zero-order chi connectivity index (χ0) is 17.9. The maximum atomic E-state index is 11.9. The van der Waals surface area contributed by atoms with Crippen LogP contribution in [0.4, 0.5) is 4.79 Å². The SMILES string of the molecule is CCOC(=O)C(O)C(Cl)C(NC(=O)OCc1ccccc1)OCC. The van der Waals surface area contributed by atoms with Crippen molar-refractivity contribution in [3.63, 3.8) is 0 Å². The van der Waals surface area contributed by atoms with Gasteiger partial charge in [0.1, 0.15) is 12.0 Å². The lowest BCUT2D eigenvalue weighted by Crippen LogP contribution is -2.50. The van der Waals surface area contributed by atoms with Gasteiger partial charge in [-0.2, -0.15) is 0 Å². The average Bonchev–Trinajstić information content (AvgIpc) is 2.59. The summed E-state index contributed by atoms with van der Waals surface area (Å²) >= 11 is 6.02. The lowest BCUT2D eigenvalue weighted by atomic mass is 10.2. The van der Waals surface area contributed by atoms with Crippen molar-refractivity contribution >= 4 is 23.7 Å². The van der Waals surface area contributed by atoms with E-state index in [1.807, 2.05) is 30.3 Å². The number of benzene rings is 1. The molecule has 0 bridgehead atoms. The molecule has 0 saturated heterocycles. The zero-order valence-electron chi connectivity index (χ0n) is 13.6. The Morgan fingerprint density at radius 3 is 2.42 bits per heavy atom. The highest BCUT2D eigenvalue weighted by molar-refractivity contribution is 6.22. The van der Waals surface area contributed by atoms with E-state index < -0.39 is 29.8 Å². The van der Waals surface area contributed by atoms with Crippen LogP contribution in [-0.4, -0.2) is 48.1 Å². The first-order chi connectivity index (χ1) is 11.5. The van der Waals surface area contributed by atoms with Crippen molar-refractivity contribution in [3.05, 3.63) is 35.9 Å². The van der Waals surface area contributed by atoms with E-state index in [1.54, 1.807) is 13.8 Å². The third-order valence-corrected chi connectivity index (χ3v) is 3.41. The van der Waals surface area contributed by atoms with Gasteiger partial charge in [0.15, 0.2) is 12.3 Å². The summed E-state index contributed by atoms with van der Waals surface area (Å²) < 4.78 is 15.0. The van der Waals surface area contributed by atoms with E-state index in [-0.39, 0.29) is 19.8 Å². The molecule has 134 valence electrons. The van der Waals surface area contributed by atoms with Gasteiger partial charge in [-0.15, -0.1) is 11.6 Å². The monoisotopic (exact) mass is 359 g/mol. The predicted molar refractivity (Wildman–Crippen MR) is 87.5 cm³/mol. The number of ether oxygens (including phenoxy) is 3. The molecule has 0 saturated carbocycles. The Balaban J connectivity index is 2.57. The number of carbonyl (C=O) groups excluding carboxylic acids is 2. The predicted octanol–water partition coefficient (Wildman–Crippen LogP) is 1.81. The van der Waals surface area contributed by atoms with E-state index in [2.05, 4.69) is 5.32 Å². The molecule has 0 spiro atoms. The molecule has 0 aliphatic heterocycles. The van der Waals surface area contributed by atoms with Gasteiger partial charge in [0.2, 0.25) is 0 Å². The van der Waals surface area contributed by atoms with Crippen LogP contribution in [0.25, 0.3) is 0 Å². The summed E-state index contributed by atoms with van der Waals surface area (Å²) in [5.41, 5.74) is 0.814. The molecule has 2 N–H and O–H groups in total. The number of halogens is 1. The Hall–Kier alpha value is -1.83. The molecule has 7 nitrogen and oxygen atoms in total. The normalized spacial score (nSPS) is 14.3. The summed E-state index contributed by atoms with van der Waals surface area (Å²) in [6.07, 6.45) is -3.53. The zero-order valence-corrected chi connectivity index (χ0v) is 14.4. The van der Waals surface area contributed by atoms with Crippen molar-refractivity contribution < 1.29 is 28.9 Å². The molecule has 1 aromatic carbocycles. The van der Waals surface area contributed by atoms with E-state index in [9.17, 15) is 14.7 Å². The standard InChI is InChI=1S/C16H22ClNO6/c1-3-22-14(12(17)13(19)15(20)23-4-2)18-16(21)24-10-11-8-6-5-7-9-11/h5-9,12-14,19H,3-4,10H2,1-2H3,(H,18,21). The molecular weight excluding hydrogens is 338 g/mol. The first kappa shape index (κ1) is 20.2. The van der Waals surface area contributed by atoms with Gasteiger partial charge in [-0.25, -0.2) is 9.59 Å². The van der Waals surface area contributed by atoms with Crippen LogP contribution >= 0.6 is 11.6 Å². The maximum absolute atomic E-state index is 11.9. The van der Waals surface area contributed by atoms with Crippen LogP contribution in [0.15, 0.2) is 30.3 Å². The highest BCUT2D eigenvalue weighted by Crippen LogP contribution is 2.12. The fourth-order valence-corrected chi connectivity index (χ4v) is 2.04. The number of nitrogens with one attached hydrogen (secondary N) is 1. The van der Waals surface area contributed by atoms with Gasteiger partial charge in [0, 0.05) is 6.61 Å². The van der Waals surface area contributed by atoms with Crippen LogP contribution in [0.3, 0.4) is 0 Å². The number of alkyl carbamates (subject to hydrolysis) is 1. The summed E-state index contributed by atoms with van der Waals surface area (Å²) in [6, 6.07) is 9.11. The number of aliphatic hydroxyl groups is 1. The molecule has 0 aromatic heterocycles. The quantitative estimate of drug-likeness (QED) is 0.397. The Kier molecular flexibility index (Phi) is 9.14. The van der Waals surface area contributed by atoms with Crippen LogP contribution in [0.5, 0.6) is 0 Å². The molecular formula is C16H22ClNO6. The topological polar surface area (TPSA) is 94.1 Å². The van der Waals surface area contributed by atoms with Gasteiger partial charge in [0.25, 0.3) is 0 Å². The molecule has 0 aliphatic carbocycles. The van der Waals surface area contributed by atoms with Crippen molar-refractivity contribution in [2.75, 3.05) is 13.2 Å². The fraction of sp³-hybridized carbons (Fsp3) is 0.500. The van der Waals surface area contributed by atoms with Crippen molar-refractivity contribution in [1.29, 1.82) is 0 Å². The minimum Gasteiger partial charge on any atom is -0.464 e. The lowest BCUT2D eigenvalue weighted by Gasteiger charge is -2.25. The largest absolute Gasteiger partial charge is 0.464 e. The molecule has 24 heavy (non-hydrogen) atoms. The molecule has 0 heterocycles. The number of amides is 1. The minimum absolute atomic E-state index is 0.0684. The smallest absolute Gasteiger partial charge is 0.409 e. The first-order valence-electron chi connectivity index (χ1n) is 7.57. The second-order valence-corrected chi connectivity index (χ2v) is 5.23. The molecule has 3 unspecified atom stereocenters. The van der Waals surface area contributed by atoms with Crippen LogP contribution in [0.2, 0.25) is 0 Å². The third-order valence-electron chi connectivity index (χ3n) is 2.94. The number of aliphatic hydroxyl groups excluding tert-OH is 1. The van der Waals surface area contributed by atoms with E-state index in [0.29, 0.717) is 0 Å². The summed E-state index contributed by atoms with van der Waals surface area (Å²) in [7, 11) is 0. The average molecular weight is 360 g/mol. The second-order valence-electron chi connectivity index (χ2n) is 4.72. The van der Waals surface area contributed by atoms with E-state index in [0.717, 1.165) is 5.56 Å². The number of esters is 1. The summed E-state index contributed by atoms with van der Waals surface area (Å²) in [5, 5.41) is 11.0. The summed E-state index contributed by atoms with van der Waals surface area (Å²) in [6.45, 7) is 3.67. The van der Waals surface area contributed by atoms with Crippen LogP contribution in [0.1, 0.15) is 19.4 Å². The van der Waals surface area contributed by atoms with Crippen molar-refractivity contribution in [3.8, 4) is 0 Å². The molecule has 1 rings (SSSR count). The van der Waals surface area contributed by atoms with Gasteiger partial charge < -0.3 is 19.3 Å². The van der Waals surface area contributed by atoms with Gasteiger partial charge in [-0.3, -0.25) is 5.32 Å².